The summed E-state index contributed by atoms with van der Waals surface area (Å²) in [5, 5.41) is 5.91. The summed E-state index contributed by atoms with van der Waals surface area (Å²) in [6.07, 6.45) is 0. The van der Waals surface area contributed by atoms with Gasteiger partial charge in [0.15, 0.2) is 0 Å². The molecule has 0 saturated carbocycles. The molecule has 0 saturated heterocycles. The van der Waals surface area contributed by atoms with Gasteiger partial charge in [-0.05, 0) is 62.2 Å². The van der Waals surface area contributed by atoms with E-state index in [1.54, 1.807) is 19.1 Å². The van der Waals surface area contributed by atoms with Crippen LogP contribution in [-0.2, 0) is 14.8 Å². The van der Waals surface area contributed by atoms with Crippen molar-refractivity contribution < 1.29 is 13.2 Å². The molecule has 1 unspecified atom stereocenters. The molecule has 0 heterocycles. The maximum Gasteiger partial charge on any atom is 0.246 e. The van der Waals surface area contributed by atoms with Crippen molar-refractivity contribution in [2.24, 2.45) is 0 Å². The number of carbonyl (C=O) groups excluding carboxylic acids is 1. The number of aryl methyl sites for hydroxylation is 2. The Bertz CT molecular complexity index is 908. The van der Waals surface area contributed by atoms with Gasteiger partial charge in [0, 0.05) is 25.5 Å². The molecule has 0 aliphatic rings. The molecule has 26 heavy (non-hydrogen) atoms. The van der Waals surface area contributed by atoms with Crippen LogP contribution < -0.4 is 10.6 Å². The second-order valence-corrected chi connectivity index (χ2v) is 8.62. The van der Waals surface area contributed by atoms with Crippen LogP contribution in [0.2, 0.25) is 0 Å². The predicted molar refractivity (Wildman–Crippen MR) is 105 cm³/mol. The van der Waals surface area contributed by atoms with Gasteiger partial charge in [0.05, 0.1) is 4.90 Å². The van der Waals surface area contributed by atoms with Crippen LogP contribution in [-0.4, -0.2) is 38.8 Å². The average molecular weight is 375 g/mol. The molecular weight excluding hydrogens is 350 g/mol. The van der Waals surface area contributed by atoms with E-state index in [4.69, 9.17) is 0 Å². The molecule has 2 aromatic carbocycles. The lowest BCUT2D eigenvalue weighted by molar-refractivity contribution is -0.116. The average Bonchev–Trinajstić information content (AvgIpc) is 2.58. The van der Waals surface area contributed by atoms with Gasteiger partial charge >= 0.3 is 0 Å². The van der Waals surface area contributed by atoms with Crippen molar-refractivity contribution >= 4 is 27.3 Å². The lowest BCUT2D eigenvalue weighted by Crippen LogP contribution is -2.32. The molecule has 0 aliphatic heterocycles. The third-order valence-electron chi connectivity index (χ3n) is 4.16. The fourth-order valence-electron chi connectivity index (χ4n) is 2.34. The highest BCUT2D eigenvalue weighted by atomic mass is 32.2. The van der Waals surface area contributed by atoms with Gasteiger partial charge in [-0.2, -0.15) is 0 Å². The summed E-state index contributed by atoms with van der Waals surface area (Å²) in [6.45, 7) is 5.80. The first-order valence-corrected chi connectivity index (χ1v) is 9.72. The monoisotopic (exact) mass is 375 g/mol. The first-order chi connectivity index (χ1) is 12.1. The molecule has 2 rings (SSSR count). The number of nitrogens with one attached hydrogen (secondary N) is 2. The van der Waals surface area contributed by atoms with Gasteiger partial charge in [0.1, 0.15) is 6.04 Å². The maximum absolute atomic E-state index is 12.4. The number of hydrogen-bond donors (Lipinski definition) is 2. The van der Waals surface area contributed by atoms with Crippen molar-refractivity contribution in [2.45, 2.75) is 31.7 Å². The molecular formula is C19H25N3O3S. The molecule has 0 radical (unpaired) electrons. The fourth-order valence-corrected chi connectivity index (χ4v) is 3.29. The summed E-state index contributed by atoms with van der Waals surface area (Å²) in [5.41, 5.74) is 3.63. The van der Waals surface area contributed by atoms with Crippen LogP contribution in [0, 0.1) is 13.8 Å². The lowest BCUT2D eigenvalue weighted by atomic mass is 10.1. The minimum Gasteiger partial charge on any atom is -0.374 e. The Morgan fingerprint density at radius 2 is 1.69 bits per heavy atom. The van der Waals surface area contributed by atoms with E-state index in [9.17, 15) is 13.2 Å². The van der Waals surface area contributed by atoms with Gasteiger partial charge in [-0.15, -0.1) is 0 Å². The molecule has 6 nitrogen and oxygen atoms in total. The molecule has 7 heteroatoms. The fraction of sp³-hybridized carbons (Fsp3) is 0.316. The standard InChI is InChI=1S/C19H25N3O3S/c1-13-9-10-17(11-14(13)2)20-15(3)19(23)21-16-7-6-8-18(12-16)26(24,25)22(4)5/h6-12,15,20H,1-5H3,(H,21,23). The Morgan fingerprint density at radius 1 is 1.00 bits per heavy atom. The number of hydrogen-bond acceptors (Lipinski definition) is 4. The van der Waals surface area contributed by atoms with Gasteiger partial charge in [-0.3, -0.25) is 4.79 Å². The quantitative estimate of drug-likeness (QED) is 0.814. The zero-order valence-corrected chi connectivity index (χ0v) is 16.5. The second kappa shape index (κ2) is 7.88. The minimum atomic E-state index is -3.55. The molecule has 0 fully saturated rings. The Hall–Kier alpha value is -2.38. The molecule has 2 N–H and O–H groups in total. The number of sulfonamides is 1. The first kappa shape index (κ1) is 19.9. The first-order valence-electron chi connectivity index (χ1n) is 8.28. The molecule has 1 atom stereocenters. The molecule has 0 aromatic heterocycles. The van der Waals surface area contributed by atoms with E-state index in [0.717, 1.165) is 15.6 Å². The van der Waals surface area contributed by atoms with Crippen LogP contribution in [0.25, 0.3) is 0 Å². The summed E-state index contributed by atoms with van der Waals surface area (Å²) >= 11 is 0. The molecule has 0 aliphatic carbocycles. The number of carbonyl (C=O) groups is 1. The van der Waals surface area contributed by atoms with E-state index in [1.165, 1.54) is 31.8 Å². The van der Waals surface area contributed by atoms with Crippen LogP contribution in [0.4, 0.5) is 11.4 Å². The molecule has 2 aromatic rings. The van der Waals surface area contributed by atoms with Gasteiger partial charge in [0.25, 0.3) is 0 Å². The summed E-state index contributed by atoms with van der Waals surface area (Å²) in [4.78, 5) is 12.6. The Kier molecular flexibility index (Phi) is 6.05. The number of nitrogens with zero attached hydrogens (tertiary/aromatic N) is 1. The van der Waals surface area contributed by atoms with E-state index in [-0.39, 0.29) is 10.8 Å². The predicted octanol–water partition coefficient (Wildman–Crippen LogP) is 2.99. The summed E-state index contributed by atoms with van der Waals surface area (Å²) in [5.74, 6) is -0.248. The summed E-state index contributed by atoms with van der Waals surface area (Å²) in [6, 6.07) is 11.7. The van der Waals surface area contributed by atoms with Crippen molar-refractivity contribution in [3.8, 4) is 0 Å². The van der Waals surface area contributed by atoms with Crippen molar-refractivity contribution in [1.29, 1.82) is 0 Å². The van der Waals surface area contributed by atoms with Crippen LogP contribution in [0.1, 0.15) is 18.1 Å². The van der Waals surface area contributed by atoms with Crippen molar-refractivity contribution in [2.75, 3.05) is 24.7 Å². The van der Waals surface area contributed by atoms with Crippen molar-refractivity contribution in [3.63, 3.8) is 0 Å². The van der Waals surface area contributed by atoms with Gasteiger partial charge < -0.3 is 10.6 Å². The topological polar surface area (TPSA) is 78.5 Å². The summed E-state index contributed by atoms with van der Waals surface area (Å²) < 4.78 is 25.5. The number of anilines is 2. The molecule has 0 spiro atoms. The van der Waals surface area contributed by atoms with Crippen LogP contribution in [0.5, 0.6) is 0 Å². The molecule has 1 amide bonds. The lowest BCUT2D eigenvalue weighted by Gasteiger charge is -2.17. The minimum absolute atomic E-state index is 0.134. The zero-order chi connectivity index (χ0) is 19.5. The van der Waals surface area contributed by atoms with E-state index < -0.39 is 16.1 Å². The number of amides is 1. The highest BCUT2D eigenvalue weighted by molar-refractivity contribution is 7.89. The normalized spacial score (nSPS) is 12.7. The Morgan fingerprint density at radius 3 is 2.31 bits per heavy atom. The summed E-state index contributed by atoms with van der Waals surface area (Å²) in [7, 11) is -0.610. The van der Waals surface area contributed by atoms with Crippen molar-refractivity contribution in [1.82, 2.24) is 4.31 Å². The number of rotatable bonds is 6. The third kappa shape index (κ3) is 4.62. The third-order valence-corrected chi connectivity index (χ3v) is 5.97. The van der Waals surface area contributed by atoms with Gasteiger partial charge in [-0.25, -0.2) is 12.7 Å². The SMILES string of the molecule is Cc1ccc(NC(C)C(=O)Nc2cccc(S(=O)(=O)N(C)C)c2)cc1C. The largest absolute Gasteiger partial charge is 0.374 e. The highest BCUT2D eigenvalue weighted by Crippen LogP contribution is 2.19. The van der Waals surface area contributed by atoms with Gasteiger partial charge in [-0.1, -0.05) is 12.1 Å². The second-order valence-electron chi connectivity index (χ2n) is 6.47. The van der Waals surface area contributed by atoms with E-state index in [0.29, 0.717) is 5.69 Å². The molecule has 140 valence electrons. The maximum atomic E-state index is 12.4. The van der Waals surface area contributed by atoms with E-state index in [2.05, 4.69) is 10.6 Å². The zero-order valence-electron chi connectivity index (χ0n) is 15.7. The highest BCUT2D eigenvalue weighted by Gasteiger charge is 2.18. The smallest absolute Gasteiger partial charge is 0.246 e. The number of benzene rings is 2. The van der Waals surface area contributed by atoms with Crippen LogP contribution in [0.3, 0.4) is 0 Å². The van der Waals surface area contributed by atoms with E-state index >= 15 is 0 Å². The van der Waals surface area contributed by atoms with E-state index in [1.807, 2.05) is 32.0 Å². The molecule has 0 bridgehead atoms. The van der Waals surface area contributed by atoms with Crippen LogP contribution >= 0.6 is 0 Å². The van der Waals surface area contributed by atoms with Gasteiger partial charge in [0.2, 0.25) is 15.9 Å². The van der Waals surface area contributed by atoms with Crippen LogP contribution in [0.15, 0.2) is 47.4 Å². The van der Waals surface area contributed by atoms with Crippen molar-refractivity contribution in [3.05, 3.63) is 53.6 Å². The Labute approximate surface area is 155 Å². The Balaban J connectivity index is 2.10.